The third-order valence-corrected chi connectivity index (χ3v) is 7.42. The second kappa shape index (κ2) is 8.23. The summed E-state index contributed by atoms with van der Waals surface area (Å²) in [5.41, 5.74) is 2.67. The van der Waals surface area contributed by atoms with E-state index in [0.717, 1.165) is 30.4 Å². The minimum absolute atomic E-state index is 0.0368. The lowest BCUT2D eigenvalue weighted by Crippen LogP contribution is -2.41. The first-order chi connectivity index (χ1) is 13.2. The van der Waals surface area contributed by atoms with Crippen LogP contribution in [0.4, 0.5) is 5.69 Å². The lowest BCUT2D eigenvalue weighted by molar-refractivity contribution is 0.102. The molecule has 1 heterocycles. The number of nitrogens with one attached hydrogen (secondary N) is 1. The number of aryl methyl sites for hydroxylation is 2. The van der Waals surface area contributed by atoms with Gasteiger partial charge >= 0.3 is 0 Å². The lowest BCUT2D eigenvalue weighted by atomic mass is 10.1. The van der Waals surface area contributed by atoms with Crippen LogP contribution in [-0.2, 0) is 10.0 Å². The minimum atomic E-state index is -3.63. The molecule has 1 fully saturated rings. The van der Waals surface area contributed by atoms with E-state index in [9.17, 15) is 13.2 Å². The molecule has 7 heteroatoms. The molecule has 2 aromatic rings. The standard InChI is InChI=1S/C21H25ClN2O3S/c1-14-11-15(2)20(19(22)12-14)23-21(25)17-8-6-9-18(13-17)28(26,27)24-10-5-4-7-16(24)3/h6,8-9,11-13,16H,4-5,7,10H2,1-3H3,(H,23,25)/t16-/m0/s1. The molecular formula is C21H25ClN2O3S. The van der Waals surface area contributed by atoms with Crippen LogP contribution in [0.25, 0.3) is 0 Å². The normalized spacial score (nSPS) is 18.1. The van der Waals surface area contributed by atoms with Crippen molar-refractivity contribution in [2.75, 3.05) is 11.9 Å². The molecule has 5 nitrogen and oxygen atoms in total. The molecule has 1 saturated heterocycles. The number of anilines is 1. The van der Waals surface area contributed by atoms with Gasteiger partial charge < -0.3 is 5.32 Å². The minimum Gasteiger partial charge on any atom is -0.320 e. The molecule has 1 aliphatic heterocycles. The molecule has 1 aliphatic rings. The van der Waals surface area contributed by atoms with E-state index in [2.05, 4.69) is 5.32 Å². The highest BCUT2D eigenvalue weighted by atomic mass is 35.5. The first-order valence-electron chi connectivity index (χ1n) is 9.40. The van der Waals surface area contributed by atoms with E-state index in [1.807, 2.05) is 26.8 Å². The molecular weight excluding hydrogens is 396 g/mol. The highest BCUT2D eigenvalue weighted by Gasteiger charge is 2.31. The monoisotopic (exact) mass is 420 g/mol. The Morgan fingerprint density at radius 2 is 1.93 bits per heavy atom. The van der Waals surface area contributed by atoms with Crippen molar-refractivity contribution in [3.05, 3.63) is 58.1 Å². The zero-order valence-electron chi connectivity index (χ0n) is 16.3. The van der Waals surface area contributed by atoms with Crippen LogP contribution in [0.3, 0.4) is 0 Å². The molecule has 0 unspecified atom stereocenters. The zero-order chi connectivity index (χ0) is 20.5. The van der Waals surface area contributed by atoms with Crippen LogP contribution >= 0.6 is 11.6 Å². The summed E-state index contributed by atoms with van der Waals surface area (Å²) in [7, 11) is -3.63. The fourth-order valence-electron chi connectivity index (χ4n) is 3.62. The third-order valence-electron chi connectivity index (χ3n) is 5.12. The van der Waals surface area contributed by atoms with Gasteiger partial charge in [-0.15, -0.1) is 0 Å². The molecule has 0 bridgehead atoms. The predicted molar refractivity (Wildman–Crippen MR) is 113 cm³/mol. The Bertz CT molecular complexity index is 981. The number of sulfonamides is 1. The molecule has 1 atom stereocenters. The smallest absolute Gasteiger partial charge is 0.255 e. The van der Waals surface area contributed by atoms with Crippen LogP contribution in [0.5, 0.6) is 0 Å². The fourth-order valence-corrected chi connectivity index (χ4v) is 5.74. The Kier molecular flexibility index (Phi) is 6.12. The van der Waals surface area contributed by atoms with Gasteiger partial charge in [-0.3, -0.25) is 4.79 Å². The summed E-state index contributed by atoms with van der Waals surface area (Å²) in [5.74, 6) is -0.391. The lowest BCUT2D eigenvalue weighted by Gasteiger charge is -2.32. The summed E-state index contributed by atoms with van der Waals surface area (Å²) in [5, 5.41) is 3.27. The molecule has 0 aliphatic carbocycles. The highest BCUT2D eigenvalue weighted by molar-refractivity contribution is 7.89. The topological polar surface area (TPSA) is 66.5 Å². The summed E-state index contributed by atoms with van der Waals surface area (Å²) < 4.78 is 27.6. The predicted octanol–water partition coefficient (Wildman–Crippen LogP) is 4.77. The third kappa shape index (κ3) is 4.24. The largest absolute Gasteiger partial charge is 0.320 e. The van der Waals surface area contributed by atoms with Gasteiger partial charge in [0.15, 0.2) is 0 Å². The average molecular weight is 421 g/mol. The summed E-state index contributed by atoms with van der Waals surface area (Å²) >= 11 is 6.27. The zero-order valence-corrected chi connectivity index (χ0v) is 17.9. The number of halogens is 1. The molecule has 0 saturated carbocycles. The summed E-state index contributed by atoms with van der Waals surface area (Å²) in [4.78, 5) is 12.9. The van der Waals surface area contributed by atoms with Gasteiger partial charge in [0.1, 0.15) is 0 Å². The molecule has 2 aromatic carbocycles. The summed E-state index contributed by atoms with van der Waals surface area (Å²) in [6, 6.07) is 9.85. The van der Waals surface area contributed by atoms with Gasteiger partial charge in [-0.05, 0) is 69.0 Å². The fraction of sp³-hybridized carbons (Fsp3) is 0.381. The first-order valence-corrected chi connectivity index (χ1v) is 11.2. The number of carbonyl (C=O) groups excluding carboxylic acids is 1. The van der Waals surface area contributed by atoms with E-state index in [1.54, 1.807) is 18.2 Å². The average Bonchev–Trinajstić information content (AvgIpc) is 2.64. The van der Waals surface area contributed by atoms with E-state index >= 15 is 0 Å². The van der Waals surface area contributed by atoms with E-state index in [4.69, 9.17) is 11.6 Å². The Morgan fingerprint density at radius 1 is 1.18 bits per heavy atom. The van der Waals surface area contributed by atoms with Crippen LogP contribution in [0.2, 0.25) is 5.02 Å². The summed E-state index contributed by atoms with van der Waals surface area (Å²) in [6.45, 7) is 6.24. The quantitative estimate of drug-likeness (QED) is 0.774. The Hall–Kier alpha value is -1.89. The maximum Gasteiger partial charge on any atom is 0.255 e. The number of carbonyl (C=O) groups is 1. The van der Waals surface area contributed by atoms with Gasteiger partial charge in [0.25, 0.3) is 5.91 Å². The number of piperidine rings is 1. The van der Waals surface area contributed by atoms with Crippen LogP contribution in [0, 0.1) is 13.8 Å². The molecule has 3 rings (SSSR count). The SMILES string of the molecule is Cc1cc(C)c(NC(=O)c2cccc(S(=O)(=O)N3CCCC[C@@H]3C)c2)c(Cl)c1. The highest BCUT2D eigenvalue weighted by Crippen LogP contribution is 2.29. The van der Waals surface area contributed by atoms with E-state index in [1.165, 1.54) is 16.4 Å². The van der Waals surface area contributed by atoms with E-state index in [0.29, 0.717) is 17.3 Å². The molecule has 0 spiro atoms. The van der Waals surface area contributed by atoms with Crippen molar-refractivity contribution in [1.82, 2.24) is 4.31 Å². The number of hydrogen-bond donors (Lipinski definition) is 1. The summed E-state index contributed by atoms with van der Waals surface area (Å²) in [6.07, 6.45) is 2.74. The van der Waals surface area contributed by atoms with Crippen molar-refractivity contribution < 1.29 is 13.2 Å². The molecule has 28 heavy (non-hydrogen) atoms. The number of nitrogens with zero attached hydrogens (tertiary/aromatic N) is 1. The second-order valence-corrected chi connectivity index (χ2v) is 9.68. The number of benzene rings is 2. The number of hydrogen-bond acceptors (Lipinski definition) is 3. The number of amides is 1. The van der Waals surface area contributed by atoms with Crippen molar-refractivity contribution in [3.63, 3.8) is 0 Å². The maximum absolute atomic E-state index is 13.0. The van der Waals surface area contributed by atoms with Gasteiger partial charge in [-0.1, -0.05) is 30.2 Å². The Balaban J connectivity index is 1.88. The van der Waals surface area contributed by atoms with Gasteiger partial charge in [0, 0.05) is 18.2 Å². The van der Waals surface area contributed by atoms with Gasteiger partial charge in [0.05, 0.1) is 15.6 Å². The Labute approximate surface area is 171 Å². The van der Waals surface area contributed by atoms with Crippen molar-refractivity contribution >= 4 is 33.2 Å². The van der Waals surface area contributed by atoms with Gasteiger partial charge in [-0.25, -0.2) is 8.42 Å². The van der Waals surface area contributed by atoms with E-state index < -0.39 is 15.9 Å². The van der Waals surface area contributed by atoms with Crippen LogP contribution in [0.15, 0.2) is 41.3 Å². The van der Waals surface area contributed by atoms with Crippen molar-refractivity contribution in [2.24, 2.45) is 0 Å². The molecule has 150 valence electrons. The molecule has 1 N–H and O–H groups in total. The molecule has 0 radical (unpaired) electrons. The first kappa shape index (κ1) is 20.8. The second-order valence-electron chi connectivity index (χ2n) is 7.38. The number of rotatable bonds is 4. The Morgan fingerprint density at radius 3 is 2.61 bits per heavy atom. The van der Waals surface area contributed by atoms with Crippen LogP contribution in [0.1, 0.15) is 47.7 Å². The van der Waals surface area contributed by atoms with Crippen molar-refractivity contribution in [3.8, 4) is 0 Å². The van der Waals surface area contributed by atoms with Crippen LogP contribution in [-0.4, -0.2) is 31.2 Å². The van der Waals surface area contributed by atoms with Crippen molar-refractivity contribution in [1.29, 1.82) is 0 Å². The molecule has 1 amide bonds. The van der Waals surface area contributed by atoms with Crippen LogP contribution < -0.4 is 5.32 Å². The van der Waals surface area contributed by atoms with Crippen molar-refractivity contribution in [2.45, 2.75) is 51.0 Å². The maximum atomic E-state index is 13.0. The molecule has 0 aromatic heterocycles. The van der Waals surface area contributed by atoms with Gasteiger partial charge in [0.2, 0.25) is 10.0 Å². The van der Waals surface area contributed by atoms with E-state index in [-0.39, 0.29) is 16.5 Å². The van der Waals surface area contributed by atoms with Gasteiger partial charge in [-0.2, -0.15) is 4.31 Å².